The number of nitrogens with one attached hydrogen (secondary N) is 1. The van der Waals surface area contributed by atoms with Gasteiger partial charge in [0.2, 0.25) is 6.10 Å². The highest BCUT2D eigenvalue weighted by Crippen LogP contribution is 2.33. The van der Waals surface area contributed by atoms with Crippen LogP contribution in [0.15, 0.2) is 24.3 Å². The second-order valence-electron chi connectivity index (χ2n) is 5.82. The standard InChI is InChI=1S/C15H19NO5S/c1-10-14(21-13-5-3-2-4-12(13)20-10)15(17)16-8-11-6-7-22(18,19)9-11/h2-5,10-11,14H,6-9H2,1H3,(H,16,17). The molecule has 3 rings (SSSR count). The van der Waals surface area contributed by atoms with E-state index in [1.165, 1.54) is 0 Å². The number of sulfone groups is 1. The molecule has 3 atom stereocenters. The molecular weight excluding hydrogens is 306 g/mol. The molecule has 0 bridgehead atoms. The molecule has 1 fully saturated rings. The molecule has 2 aliphatic heterocycles. The third kappa shape index (κ3) is 3.19. The predicted molar refractivity (Wildman–Crippen MR) is 80.7 cm³/mol. The summed E-state index contributed by atoms with van der Waals surface area (Å²) in [6, 6.07) is 7.21. The quantitative estimate of drug-likeness (QED) is 0.887. The largest absolute Gasteiger partial charge is 0.482 e. The van der Waals surface area contributed by atoms with Crippen LogP contribution < -0.4 is 14.8 Å². The highest BCUT2D eigenvalue weighted by Gasteiger charge is 2.35. The van der Waals surface area contributed by atoms with Gasteiger partial charge in [-0.25, -0.2) is 8.42 Å². The lowest BCUT2D eigenvalue weighted by Crippen LogP contribution is -2.49. The van der Waals surface area contributed by atoms with Crippen LogP contribution in [-0.2, 0) is 14.6 Å². The third-order valence-electron chi connectivity index (χ3n) is 3.99. The minimum absolute atomic E-state index is 0.0129. The van der Waals surface area contributed by atoms with Gasteiger partial charge in [0.15, 0.2) is 21.3 Å². The van der Waals surface area contributed by atoms with Crippen molar-refractivity contribution >= 4 is 15.7 Å². The molecule has 0 saturated carbocycles. The Bertz CT molecular complexity index is 672. The fourth-order valence-corrected chi connectivity index (χ4v) is 4.65. The summed E-state index contributed by atoms with van der Waals surface area (Å²) in [5, 5.41) is 2.78. The molecule has 0 radical (unpaired) electrons. The number of amides is 1. The molecule has 7 heteroatoms. The van der Waals surface area contributed by atoms with E-state index in [0.717, 1.165) is 0 Å². The van der Waals surface area contributed by atoms with E-state index in [-0.39, 0.29) is 23.3 Å². The van der Waals surface area contributed by atoms with E-state index in [0.29, 0.717) is 24.5 Å². The fraction of sp³-hybridized carbons (Fsp3) is 0.533. The molecule has 3 unspecified atom stereocenters. The summed E-state index contributed by atoms with van der Waals surface area (Å²) in [5.41, 5.74) is 0. The molecule has 120 valence electrons. The summed E-state index contributed by atoms with van der Waals surface area (Å²) in [6.07, 6.45) is -0.529. The van der Waals surface area contributed by atoms with Gasteiger partial charge in [-0.1, -0.05) is 12.1 Å². The normalized spacial score (nSPS) is 29.0. The van der Waals surface area contributed by atoms with Crippen LogP contribution in [0.25, 0.3) is 0 Å². The number of hydrogen-bond donors (Lipinski definition) is 1. The van der Waals surface area contributed by atoms with E-state index in [4.69, 9.17) is 9.47 Å². The third-order valence-corrected chi connectivity index (χ3v) is 5.83. The van der Waals surface area contributed by atoms with Gasteiger partial charge in [0, 0.05) is 6.54 Å². The topological polar surface area (TPSA) is 81.7 Å². The van der Waals surface area contributed by atoms with Gasteiger partial charge in [-0.15, -0.1) is 0 Å². The Hall–Kier alpha value is -1.76. The van der Waals surface area contributed by atoms with Crippen molar-refractivity contribution < 1.29 is 22.7 Å². The molecule has 1 amide bonds. The van der Waals surface area contributed by atoms with Crippen molar-refractivity contribution in [2.75, 3.05) is 18.1 Å². The number of carbonyl (C=O) groups excluding carboxylic acids is 1. The average molecular weight is 325 g/mol. The first kappa shape index (κ1) is 15.1. The Kier molecular flexibility index (Phi) is 3.99. The molecular formula is C15H19NO5S. The summed E-state index contributed by atoms with van der Waals surface area (Å²) in [4.78, 5) is 12.3. The summed E-state index contributed by atoms with van der Waals surface area (Å²) >= 11 is 0. The lowest BCUT2D eigenvalue weighted by atomic mass is 10.1. The van der Waals surface area contributed by atoms with Gasteiger partial charge < -0.3 is 14.8 Å². The van der Waals surface area contributed by atoms with Gasteiger partial charge in [-0.05, 0) is 31.4 Å². The zero-order chi connectivity index (χ0) is 15.7. The van der Waals surface area contributed by atoms with Crippen LogP contribution in [0.2, 0.25) is 0 Å². The molecule has 0 aliphatic carbocycles. The molecule has 1 aromatic carbocycles. The second-order valence-corrected chi connectivity index (χ2v) is 8.05. The molecule has 6 nitrogen and oxygen atoms in total. The van der Waals surface area contributed by atoms with E-state index in [2.05, 4.69) is 5.32 Å². The van der Waals surface area contributed by atoms with Crippen LogP contribution in [0, 0.1) is 5.92 Å². The fourth-order valence-electron chi connectivity index (χ4n) is 2.78. The van der Waals surface area contributed by atoms with Crippen molar-refractivity contribution in [1.29, 1.82) is 0 Å². The lowest BCUT2D eigenvalue weighted by molar-refractivity contribution is -0.133. The van der Waals surface area contributed by atoms with Gasteiger partial charge in [-0.3, -0.25) is 4.79 Å². The van der Waals surface area contributed by atoms with E-state index >= 15 is 0 Å². The van der Waals surface area contributed by atoms with Crippen LogP contribution in [0.4, 0.5) is 0 Å². The molecule has 1 saturated heterocycles. The van der Waals surface area contributed by atoms with E-state index in [1.54, 1.807) is 19.1 Å². The Morgan fingerprint density at radius 2 is 1.95 bits per heavy atom. The summed E-state index contributed by atoms with van der Waals surface area (Å²) in [6.45, 7) is 2.13. The number of benzene rings is 1. The first-order valence-electron chi connectivity index (χ1n) is 7.35. The number of ether oxygens (including phenoxy) is 2. The second kappa shape index (κ2) is 5.79. The smallest absolute Gasteiger partial charge is 0.265 e. The molecule has 2 heterocycles. The van der Waals surface area contributed by atoms with Crippen molar-refractivity contribution in [3.05, 3.63) is 24.3 Å². The minimum atomic E-state index is -2.93. The lowest BCUT2D eigenvalue weighted by Gasteiger charge is -2.31. The number of fused-ring (bicyclic) bond motifs is 1. The maximum Gasteiger partial charge on any atom is 0.265 e. The van der Waals surface area contributed by atoms with Crippen molar-refractivity contribution in [3.63, 3.8) is 0 Å². The Morgan fingerprint density at radius 1 is 1.27 bits per heavy atom. The number of carbonyl (C=O) groups is 1. The molecule has 1 N–H and O–H groups in total. The average Bonchev–Trinajstić information content (AvgIpc) is 2.83. The summed E-state index contributed by atoms with van der Waals surface area (Å²) in [5.74, 6) is 1.24. The number of rotatable bonds is 3. The number of hydrogen-bond acceptors (Lipinski definition) is 5. The van der Waals surface area contributed by atoms with Gasteiger partial charge in [0.1, 0.15) is 6.10 Å². The van der Waals surface area contributed by atoms with Gasteiger partial charge >= 0.3 is 0 Å². The summed E-state index contributed by atoms with van der Waals surface area (Å²) < 4.78 is 34.2. The molecule has 22 heavy (non-hydrogen) atoms. The highest BCUT2D eigenvalue weighted by molar-refractivity contribution is 7.91. The van der Waals surface area contributed by atoms with E-state index < -0.39 is 22.0 Å². The van der Waals surface area contributed by atoms with E-state index in [1.807, 2.05) is 12.1 Å². The molecule has 0 spiro atoms. The van der Waals surface area contributed by atoms with Crippen LogP contribution >= 0.6 is 0 Å². The summed E-state index contributed by atoms with van der Waals surface area (Å²) in [7, 11) is -2.93. The van der Waals surface area contributed by atoms with Crippen molar-refractivity contribution in [1.82, 2.24) is 5.32 Å². The Balaban J connectivity index is 1.59. The first-order valence-corrected chi connectivity index (χ1v) is 9.17. The van der Waals surface area contributed by atoms with E-state index in [9.17, 15) is 13.2 Å². The monoisotopic (exact) mass is 325 g/mol. The maximum absolute atomic E-state index is 12.3. The van der Waals surface area contributed by atoms with Crippen LogP contribution in [0.3, 0.4) is 0 Å². The first-order chi connectivity index (χ1) is 10.4. The number of para-hydroxylation sites is 2. The molecule has 2 aliphatic rings. The van der Waals surface area contributed by atoms with Crippen molar-refractivity contribution in [3.8, 4) is 11.5 Å². The van der Waals surface area contributed by atoms with Crippen LogP contribution in [0.5, 0.6) is 11.5 Å². The minimum Gasteiger partial charge on any atom is -0.482 e. The maximum atomic E-state index is 12.3. The SMILES string of the molecule is CC1Oc2ccccc2OC1C(=O)NCC1CCS(=O)(=O)C1. The Morgan fingerprint density at radius 3 is 2.59 bits per heavy atom. The molecule has 0 aromatic heterocycles. The zero-order valence-electron chi connectivity index (χ0n) is 12.3. The van der Waals surface area contributed by atoms with Crippen molar-refractivity contribution in [2.24, 2.45) is 5.92 Å². The van der Waals surface area contributed by atoms with Crippen LogP contribution in [-0.4, -0.2) is 44.6 Å². The predicted octanol–water partition coefficient (Wildman–Crippen LogP) is 0.766. The van der Waals surface area contributed by atoms with Gasteiger partial charge in [-0.2, -0.15) is 0 Å². The van der Waals surface area contributed by atoms with Crippen molar-refractivity contribution in [2.45, 2.75) is 25.6 Å². The van der Waals surface area contributed by atoms with Crippen LogP contribution in [0.1, 0.15) is 13.3 Å². The highest BCUT2D eigenvalue weighted by atomic mass is 32.2. The van der Waals surface area contributed by atoms with Gasteiger partial charge in [0.25, 0.3) is 5.91 Å². The van der Waals surface area contributed by atoms with Gasteiger partial charge in [0.05, 0.1) is 11.5 Å². The zero-order valence-corrected chi connectivity index (χ0v) is 13.1. The molecule has 1 aromatic rings. The Labute approximate surface area is 129 Å².